The van der Waals surface area contributed by atoms with Gasteiger partial charge in [0, 0.05) is 21.1 Å². The van der Waals surface area contributed by atoms with E-state index in [0.29, 0.717) is 10.0 Å². The van der Waals surface area contributed by atoms with E-state index in [1.807, 2.05) is 0 Å². The van der Waals surface area contributed by atoms with Crippen LogP contribution in [-0.4, -0.2) is 4.98 Å². The van der Waals surface area contributed by atoms with E-state index in [-0.39, 0.29) is 6.04 Å². The lowest BCUT2D eigenvalue weighted by Gasteiger charge is -2.15. The van der Waals surface area contributed by atoms with Crippen molar-refractivity contribution in [1.82, 2.24) is 10.4 Å². The zero-order valence-electron chi connectivity index (χ0n) is 8.15. The molecule has 0 radical (unpaired) electrons. The highest BCUT2D eigenvalue weighted by atomic mass is 35.5. The number of hydrogen-bond acceptors (Lipinski definition) is 4. The highest BCUT2D eigenvalue weighted by molar-refractivity contribution is 7.09. The zero-order chi connectivity index (χ0) is 11.5. The molecule has 16 heavy (non-hydrogen) atoms. The molecule has 0 aliphatic heterocycles. The van der Waals surface area contributed by atoms with E-state index in [1.165, 1.54) is 11.3 Å². The van der Waals surface area contributed by atoms with Crippen LogP contribution in [0.15, 0.2) is 29.9 Å². The van der Waals surface area contributed by atoms with E-state index >= 15 is 0 Å². The molecule has 1 atom stereocenters. The molecule has 2 rings (SSSR count). The maximum absolute atomic E-state index is 6.12. The van der Waals surface area contributed by atoms with Crippen molar-refractivity contribution in [3.8, 4) is 0 Å². The molecule has 0 aliphatic carbocycles. The molecule has 1 unspecified atom stereocenters. The topological polar surface area (TPSA) is 50.9 Å². The first-order valence-electron chi connectivity index (χ1n) is 4.52. The van der Waals surface area contributed by atoms with Crippen LogP contribution in [0.4, 0.5) is 0 Å². The molecule has 3 N–H and O–H groups in total. The Kier molecular flexibility index (Phi) is 3.78. The van der Waals surface area contributed by atoms with Crippen molar-refractivity contribution in [3.05, 3.63) is 50.4 Å². The SMILES string of the molecule is NNC(c1cncs1)c1cc(Cl)ccc1Cl. The van der Waals surface area contributed by atoms with Crippen molar-refractivity contribution >= 4 is 34.5 Å². The summed E-state index contributed by atoms with van der Waals surface area (Å²) in [4.78, 5) is 5.01. The monoisotopic (exact) mass is 273 g/mol. The third-order valence-corrected chi connectivity index (χ3v) is 3.59. The summed E-state index contributed by atoms with van der Waals surface area (Å²) in [5.41, 5.74) is 5.31. The first-order chi connectivity index (χ1) is 7.72. The van der Waals surface area contributed by atoms with Crippen molar-refractivity contribution in [1.29, 1.82) is 0 Å². The minimum atomic E-state index is -0.182. The molecule has 3 nitrogen and oxygen atoms in total. The maximum atomic E-state index is 6.12. The standard InChI is InChI=1S/C10H9Cl2N3S/c11-6-1-2-8(12)7(3-6)10(15-13)9-4-14-5-16-9/h1-5,10,15H,13H2. The molecule has 6 heteroatoms. The summed E-state index contributed by atoms with van der Waals surface area (Å²) >= 11 is 13.6. The summed E-state index contributed by atoms with van der Waals surface area (Å²) < 4.78 is 0. The number of hydrazine groups is 1. The van der Waals surface area contributed by atoms with Gasteiger partial charge in [-0.1, -0.05) is 23.2 Å². The first kappa shape index (κ1) is 11.8. The largest absolute Gasteiger partial charge is 0.271 e. The first-order valence-corrected chi connectivity index (χ1v) is 6.15. The van der Waals surface area contributed by atoms with Gasteiger partial charge in [-0.2, -0.15) is 0 Å². The van der Waals surface area contributed by atoms with E-state index in [4.69, 9.17) is 29.0 Å². The average Bonchev–Trinajstić information content (AvgIpc) is 2.78. The van der Waals surface area contributed by atoms with Crippen LogP contribution < -0.4 is 11.3 Å². The van der Waals surface area contributed by atoms with E-state index in [2.05, 4.69) is 10.4 Å². The van der Waals surface area contributed by atoms with Crippen LogP contribution in [0.1, 0.15) is 16.5 Å². The number of hydrogen-bond donors (Lipinski definition) is 2. The van der Waals surface area contributed by atoms with Crippen molar-refractivity contribution in [3.63, 3.8) is 0 Å². The van der Waals surface area contributed by atoms with Crippen LogP contribution in [0.25, 0.3) is 0 Å². The molecule has 0 aliphatic rings. The van der Waals surface area contributed by atoms with Crippen molar-refractivity contribution < 1.29 is 0 Å². The Morgan fingerprint density at radius 1 is 1.38 bits per heavy atom. The van der Waals surface area contributed by atoms with Gasteiger partial charge in [0.05, 0.1) is 11.6 Å². The minimum absolute atomic E-state index is 0.182. The second-order valence-electron chi connectivity index (χ2n) is 3.17. The maximum Gasteiger partial charge on any atom is 0.0833 e. The molecule has 84 valence electrons. The van der Waals surface area contributed by atoms with E-state index < -0.39 is 0 Å². The lowest BCUT2D eigenvalue weighted by atomic mass is 10.1. The lowest BCUT2D eigenvalue weighted by Crippen LogP contribution is -2.28. The molecule has 0 spiro atoms. The predicted octanol–water partition coefficient (Wildman–Crippen LogP) is 3.00. The van der Waals surface area contributed by atoms with Gasteiger partial charge in [-0.05, 0) is 23.8 Å². The molecule has 1 aromatic carbocycles. The number of aromatic nitrogens is 1. The Morgan fingerprint density at radius 2 is 2.19 bits per heavy atom. The Bertz CT molecular complexity index is 473. The molecule has 0 amide bonds. The van der Waals surface area contributed by atoms with Crippen LogP contribution in [0.3, 0.4) is 0 Å². The third kappa shape index (κ3) is 2.36. The smallest absolute Gasteiger partial charge is 0.0833 e. The number of halogens is 2. The number of nitrogens with two attached hydrogens (primary N) is 1. The van der Waals surface area contributed by atoms with Gasteiger partial charge >= 0.3 is 0 Å². The minimum Gasteiger partial charge on any atom is -0.271 e. The lowest BCUT2D eigenvalue weighted by molar-refractivity contribution is 0.645. The number of nitrogens with zero attached hydrogens (tertiary/aromatic N) is 1. The highest BCUT2D eigenvalue weighted by Crippen LogP contribution is 2.31. The van der Waals surface area contributed by atoms with Crippen LogP contribution >= 0.6 is 34.5 Å². The zero-order valence-corrected chi connectivity index (χ0v) is 10.5. The van der Waals surface area contributed by atoms with Gasteiger partial charge in [0.25, 0.3) is 0 Å². The molecule has 2 aromatic rings. The highest BCUT2D eigenvalue weighted by Gasteiger charge is 2.17. The fraction of sp³-hybridized carbons (Fsp3) is 0.100. The normalized spacial score (nSPS) is 12.7. The number of benzene rings is 1. The average molecular weight is 274 g/mol. The summed E-state index contributed by atoms with van der Waals surface area (Å²) in [6, 6.07) is 5.12. The van der Waals surface area contributed by atoms with Gasteiger partial charge in [-0.3, -0.25) is 10.8 Å². The van der Waals surface area contributed by atoms with Crippen molar-refractivity contribution in [2.24, 2.45) is 5.84 Å². The van der Waals surface area contributed by atoms with Gasteiger partial charge in [0.1, 0.15) is 0 Å². The van der Waals surface area contributed by atoms with Crippen molar-refractivity contribution in [2.75, 3.05) is 0 Å². The number of thiazole rings is 1. The van der Waals surface area contributed by atoms with Gasteiger partial charge in [-0.15, -0.1) is 11.3 Å². The molecule has 1 heterocycles. The van der Waals surface area contributed by atoms with Crippen molar-refractivity contribution in [2.45, 2.75) is 6.04 Å². The van der Waals surface area contributed by atoms with Gasteiger partial charge in [0.2, 0.25) is 0 Å². The van der Waals surface area contributed by atoms with Gasteiger partial charge in [-0.25, -0.2) is 5.43 Å². The molecule has 1 aromatic heterocycles. The van der Waals surface area contributed by atoms with Gasteiger partial charge in [0.15, 0.2) is 0 Å². The summed E-state index contributed by atoms with van der Waals surface area (Å²) in [6.07, 6.45) is 1.76. The Morgan fingerprint density at radius 3 is 2.81 bits per heavy atom. The predicted molar refractivity (Wildman–Crippen MR) is 67.7 cm³/mol. The number of nitrogens with one attached hydrogen (secondary N) is 1. The van der Waals surface area contributed by atoms with E-state index in [9.17, 15) is 0 Å². The van der Waals surface area contributed by atoms with Crippen LogP contribution in [0, 0.1) is 0 Å². The van der Waals surface area contributed by atoms with E-state index in [1.54, 1.807) is 29.9 Å². The summed E-state index contributed by atoms with van der Waals surface area (Å²) in [7, 11) is 0. The Balaban J connectivity index is 2.44. The Labute approximate surface area is 107 Å². The molecule has 0 saturated carbocycles. The second-order valence-corrected chi connectivity index (χ2v) is 4.93. The fourth-order valence-electron chi connectivity index (χ4n) is 1.43. The second kappa shape index (κ2) is 5.12. The van der Waals surface area contributed by atoms with Crippen LogP contribution in [-0.2, 0) is 0 Å². The Hall–Kier alpha value is -0.650. The fourth-order valence-corrected chi connectivity index (χ4v) is 2.53. The molecule has 0 fully saturated rings. The van der Waals surface area contributed by atoms with Crippen LogP contribution in [0.5, 0.6) is 0 Å². The summed E-state index contributed by atoms with van der Waals surface area (Å²) in [5.74, 6) is 5.54. The molecule has 0 bridgehead atoms. The van der Waals surface area contributed by atoms with E-state index in [0.717, 1.165) is 10.4 Å². The summed E-state index contributed by atoms with van der Waals surface area (Å²) in [5, 5.41) is 1.25. The third-order valence-electron chi connectivity index (χ3n) is 2.17. The quantitative estimate of drug-likeness (QED) is 0.668. The number of rotatable bonds is 3. The van der Waals surface area contributed by atoms with Crippen LogP contribution in [0.2, 0.25) is 10.0 Å². The summed E-state index contributed by atoms with van der Waals surface area (Å²) in [6.45, 7) is 0. The molecule has 0 saturated heterocycles. The van der Waals surface area contributed by atoms with Gasteiger partial charge < -0.3 is 0 Å². The molecular formula is C10H9Cl2N3S. The molecular weight excluding hydrogens is 265 g/mol.